The molecule has 0 aliphatic carbocycles. The molecule has 0 N–H and O–H groups in total. The third kappa shape index (κ3) is 3.67. The molecule has 3 nitrogen and oxygen atoms in total. The van der Waals surface area contributed by atoms with Gasteiger partial charge in [-0.1, -0.05) is 115 Å². The molecule has 0 unspecified atom stereocenters. The standard InChI is InChI=1S/C42H26BNO2/c1-2-12-27(13-3-1)28-22-23-35-40(25-28)45-41-26-29(24-34-33-17-7-11-21-39(33)46-43(35)42(34)41)30-14-4-8-18-36(30)44-37-19-9-5-15-31(37)32-16-6-10-20-38(32)44/h1-26H. The number of para-hydroxylation sites is 4. The predicted octanol–water partition coefficient (Wildman–Crippen LogP) is 9.39. The minimum Gasteiger partial charge on any atom is -0.551 e. The summed E-state index contributed by atoms with van der Waals surface area (Å²) in [4.78, 5) is 0. The van der Waals surface area contributed by atoms with E-state index in [4.69, 9.17) is 9.39 Å². The lowest BCUT2D eigenvalue weighted by atomic mass is 9.50. The molecule has 0 spiro atoms. The molecule has 0 bridgehead atoms. The Morgan fingerprint density at radius 1 is 0.435 bits per heavy atom. The maximum atomic E-state index is 6.85. The zero-order valence-electron chi connectivity index (χ0n) is 24.9. The van der Waals surface area contributed by atoms with Crippen molar-refractivity contribution in [2.45, 2.75) is 0 Å². The van der Waals surface area contributed by atoms with Crippen LogP contribution < -0.4 is 20.3 Å². The number of ether oxygens (including phenoxy) is 1. The Kier molecular flexibility index (Phi) is 5.37. The average molecular weight is 587 g/mol. The van der Waals surface area contributed by atoms with Gasteiger partial charge >= 0.3 is 6.92 Å². The molecule has 4 heteroatoms. The smallest absolute Gasteiger partial charge is 0.434 e. The Hall–Kier alpha value is -6.00. The van der Waals surface area contributed by atoms with Crippen LogP contribution in [0, 0.1) is 0 Å². The van der Waals surface area contributed by atoms with Crippen molar-refractivity contribution >= 4 is 39.6 Å². The van der Waals surface area contributed by atoms with Crippen molar-refractivity contribution in [2.24, 2.45) is 0 Å². The highest BCUT2D eigenvalue weighted by atomic mass is 16.5. The highest BCUT2D eigenvalue weighted by Gasteiger charge is 2.41. The molecule has 214 valence electrons. The third-order valence-electron chi connectivity index (χ3n) is 9.49. The molecule has 1 aromatic heterocycles. The second-order valence-corrected chi connectivity index (χ2v) is 12.0. The van der Waals surface area contributed by atoms with Crippen LogP contribution in [0.5, 0.6) is 17.2 Å². The Morgan fingerprint density at radius 3 is 1.89 bits per heavy atom. The summed E-state index contributed by atoms with van der Waals surface area (Å²) in [5.41, 5.74) is 12.4. The molecule has 10 rings (SSSR count). The first-order valence-corrected chi connectivity index (χ1v) is 15.7. The summed E-state index contributed by atoms with van der Waals surface area (Å²) < 4.78 is 16.0. The Bertz CT molecular complexity index is 2440. The van der Waals surface area contributed by atoms with Gasteiger partial charge in [0.2, 0.25) is 0 Å². The van der Waals surface area contributed by atoms with Crippen molar-refractivity contribution < 1.29 is 9.39 Å². The number of benzene rings is 7. The average Bonchev–Trinajstić information content (AvgIpc) is 3.46. The van der Waals surface area contributed by atoms with E-state index in [1.165, 1.54) is 21.8 Å². The van der Waals surface area contributed by atoms with Crippen molar-refractivity contribution in [3.63, 3.8) is 0 Å². The molecule has 8 aromatic rings. The molecular formula is C42H26BNO2. The second-order valence-electron chi connectivity index (χ2n) is 12.0. The van der Waals surface area contributed by atoms with Crippen molar-refractivity contribution in [3.05, 3.63) is 158 Å². The van der Waals surface area contributed by atoms with Gasteiger partial charge in [0.25, 0.3) is 0 Å². The van der Waals surface area contributed by atoms with Crippen LogP contribution in [-0.2, 0) is 0 Å². The monoisotopic (exact) mass is 587 g/mol. The highest BCUT2D eigenvalue weighted by molar-refractivity contribution is 6.84. The molecule has 0 saturated heterocycles. The van der Waals surface area contributed by atoms with Crippen molar-refractivity contribution in [2.75, 3.05) is 0 Å². The highest BCUT2D eigenvalue weighted by Crippen LogP contribution is 2.43. The number of fused-ring (bicyclic) bond motifs is 7. The van der Waals surface area contributed by atoms with Crippen LogP contribution in [-0.4, -0.2) is 11.5 Å². The normalized spacial score (nSPS) is 12.7. The first-order chi connectivity index (χ1) is 22.8. The van der Waals surface area contributed by atoms with E-state index in [0.717, 1.165) is 67.2 Å². The fourth-order valence-corrected chi connectivity index (χ4v) is 7.42. The zero-order valence-corrected chi connectivity index (χ0v) is 24.9. The van der Waals surface area contributed by atoms with E-state index >= 15 is 0 Å². The molecule has 3 heterocycles. The minimum atomic E-state index is -0.255. The van der Waals surface area contributed by atoms with Gasteiger partial charge in [-0.05, 0) is 64.7 Å². The summed E-state index contributed by atoms with van der Waals surface area (Å²) in [6, 6.07) is 55.8. The van der Waals surface area contributed by atoms with E-state index in [9.17, 15) is 0 Å². The van der Waals surface area contributed by atoms with Gasteiger partial charge in [0.05, 0.1) is 16.7 Å². The van der Waals surface area contributed by atoms with Gasteiger partial charge in [-0.15, -0.1) is 0 Å². The molecular weight excluding hydrogens is 561 g/mol. The van der Waals surface area contributed by atoms with Gasteiger partial charge in [-0.2, -0.15) is 0 Å². The Labute approximate surface area is 267 Å². The molecule has 46 heavy (non-hydrogen) atoms. The SMILES string of the molecule is c1ccc(-c2ccc3c(c2)Oc2cc(-c4ccccc4-n4c5ccccc5c5ccccc54)cc4c2B3Oc2ccccc2-4)cc1. The van der Waals surface area contributed by atoms with E-state index < -0.39 is 0 Å². The summed E-state index contributed by atoms with van der Waals surface area (Å²) >= 11 is 0. The molecule has 0 saturated carbocycles. The Morgan fingerprint density at radius 2 is 1.09 bits per heavy atom. The second kappa shape index (κ2) is 9.75. The first-order valence-electron chi connectivity index (χ1n) is 15.7. The molecule has 2 aliphatic heterocycles. The van der Waals surface area contributed by atoms with Crippen molar-refractivity contribution in [3.8, 4) is 56.3 Å². The lowest BCUT2D eigenvalue weighted by Crippen LogP contribution is -2.53. The van der Waals surface area contributed by atoms with Gasteiger partial charge in [0.15, 0.2) is 0 Å². The van der Waals surface area contributed by atoms with Gasteiger partial charge in [-0.25, -0.2) is 0 Å². The Balaban J connectivity index is 1.21. The van der Waals surface area contributed by atoms with E-state index in [0.29, 0.717) is 0 Å². The maximum Gasteiger partial charge on any atom is 0.434 e. The summed E-state index contributed by atoms with van der Waals surface area (Å²) in [5, 5.41) is 2.49. The van der Waals surface area contributed by atoms with Crippen molar-refractivity contribution in [1.82, 2.24) is 4.57 Å². The molecule has 0 atom stereocenters. The molecule has 7 aromatic carbocycles. The number of rotatable bonds is 3. The van der Waals surface area contributed by atoms with Gasteiger partial charge in [0, 0.05) is 32.8 Å². The number of nitrogens with zero attached hydrogens (tertiary/aromatic N) is 1. The topological polar surface area (TPSA) is 23.4 Å². The van der Waals surface area contributed by atoms with Gasteiger partial charge in [-0.3, -0.25) is 0 Å². The number of hydrogen-bond acceptors (Lipinski definition) is 2. The van der Waals surface area contributed by atoms with E-state index in [-0.39, 0.29) is 6.92 Å². The lowest BCUT2D eigenvalue weighted by Gasteiger charge is -2.33. The zero-order chi connectivity index (χ0) is 30.2. The van der Waals surface area contributed by atoms with Crippen LogP contribution in [0.3, 0.4) is 0 Å². The van der Waals surface area contributed by atoms with Crippen LogP contribution in [0.4, 0.5) is 0 Å². The fourth-order valence-electron chi connectivity index (χ4n) is 7.42. The summed E-state index contributed by atoms with van der Waals surface area (Å²) in [6.07, 6.45) is 0. The summed E-state index contributed by atoms with van der Waals surface area (Å²) in [7, 11) is 0. The largest absolute Gasteiger partial charge is 0.551 e. The number of hydrogen-bond donors (Lipinski definition) is 0. The van der Waals surface area contributed by atoms with Gasteiger partial charge in [0.1, 0.15) is 17.2 Å². The van der Waals surface area contributed by atoms with E-state index in [1.54, 1.807) is 0 Å². The minimum absolute atomic E-state index is 0.255. The predicted molar refractivity (Wildman–Crippen MR) is 189 cm³/mol. The van der Waals surface area contributed by atoms with Crippen LogP contribution in [0.15, 0.2) is 158 Å². The quantitative estimate of drug-likeness (QED) is 0.192. The fraction of sp³-hybridized carbons (Fsp3) is 0. The molecule has 0 radical (unpaired) electrons. The van der Waals surface area contributed by atoms with Gasteiger partial charge < -0.3 is 14.0 Å². The lowest BCUT2D eigenvalue weighted by molar-refractivity contribution is 0.480. The van der Waals surface area contributed by atoms with Crippen LogP contribution in [0.2, 0.25) is 0 Å². The molecule has 0 fully saturated rings. The summed E-state index contributed by atoms with van der Waals surface area (Å²) in [6.45, 7) is -0.255. The molecule has 0 amide bonds. The van der Waals surface area contributed by atoms with Crippen molar-refractivity contribution in [1.29, 1.82) is 0 Å². The van der Waals surface area contributed by atoms with Crippen LogP contribution >= 0.6 is 0 Å². The summed E-state index contributed by atoms with van der Waals surface area (Å²) in [5.74, 6) is 2.55. The molecule has 2 aliphatic rings. The third-order valence-corrected chi connectivity index (χ3v) is 9.49. The van der Waals surface area contributed by atoms with Crippen LogP contribution in [0.1, 0.15) is 0 Å². The maximum absolute atomic E-state index is 6.85. The number of aromatic nitrogens is 1. The first kappa shape index (κ1) is 25.3. The van der Waals surface area contributed by atoms with E-state index in [2.05, 4.69) is 150 Å². The van der Waals surface area contributed by atoms with E-state index in [1.807, 2.05) is 12.1 Å². The van der Waals surface area contributed by atoms with Crippen LogP contribution in [0.25, 0.3) is 60.9 Å².